The van der Waals surface area contributed by atoms with Gasteiger partial charge in [0.25, 0.3) is 0 Å². The van der Waals surface area contributed by atoms with Crippen molar-refractivity contribution in [2.45, 2.75) is 64.6 Å². The first kappa shape index (κ1) is 32.2. The van der Waals surface area contributed by atoms with E-state index in [4.69, 9.17) is 9.72 Å². The minimum atomic E-state index is -0.911. The molecule has 2 saturated heterocycles. The third-order valence-corrected chi connectivity index (χ3v) is 10.1. The molecule has 2 aliphatic heterocycles. The van der Waals surface area contributed by atoms with Crippen LogP contribution in [0, 0.1) is 5.41 Å². The van der Waals surface area contributed by atoms with E-state index in [0.717, 1.165) is 70.7 Å². The molecule has 3 aromatic carbocycles. The molecule has 0 radical (unpaired) electrons. The highest BCUT2D eigenvalue weighted by Crippen LogP contribution is 2.50. The lowest BCUT2D eigenvalue weighted by atomic mass is 9.71. The van der Waals surface area contributed by atoms with E-state index in [0.29, 0.717) is 18.9 Å². The van der Waals surface area contributed by atoms with Gasteiger partial charge in [0.2, 0.25) is 0 Å². The first-order valence-corrected chi connectivity index (χ1v) is 16.9. The molecule has 2 fully saturated rings. The van der Waals surface area contributed by atoms with Crippen molar-refractivity contribution in [1.82, 2.24) is 29.7 Å². The summed E-state index contributed by atoms with van der Waals surface area (Å²) >= 11 is 0. The second-order valence-electron chi connectivity index (χ2n) is 14.0. The average molecular weight is 659 g/mol. The molecule has 0 unspecified atom stereocenters. The summed E-state index contributed by atoms with van der Waals surface area (Å²) in [5.41, 5.74) is 5.83. The molecular formula is C39H42N6O4. The minimum absolute atomic E-state index is 0.144. The van der Waals surface area contributed by atoms with Crippen molar-refractivity contribution < 1.29 is 19.4 Å². The number of imidazole rings is 2. The van der Waals surface area contributed by atoms with Crippen molar-refractivity contribution in [3.8, 4) is 33.6 Å². The van der Waals surface area contributed by atoms with Crippen LogP contribution >= 0.6 is 0 Å². The van der Waals surface area contributed by atoms with Crippen LogP contribution in [0.25, 0.3) is 33.6 Å². The first-order chi connectivity index (χ1) is 23.6. The fourth-order valence-corrected chi connectivity index (χ4v) is 7.55. The Hall–Kier alpha value is -5.38. The van der Waals surface area contributed by atoms with Gasteiger partial charge < -0.3 is 19.8 Å². The highest BCUT2D eigenvalue weighted by Gasteiger charge is 2.55. The SMILES string of the molecule is CC(C)(C)[C@]1(c2ncc(-c3ccc(-c4ccc(-c5cnc([C@@H]6CCCN6C(=O)OCc6ccccc6)[nH]5)cc4)cc3)[nH]2)CCCN1C(=O)O. The van der Waals surface area contributed by atoms with Gasteiger partial charge in [-0.1, -0.05) is 99.6 Å². The number of amides is 2. The Morgan fingerprint density at radius 1 is 0.837 bits per heavy atom. The van der Waals surface area contributed by atoms with E-state index in [-0.39, 0.29) is 24.2 Å². The summed E-state index contributed by atoms with van der Waals surface area (Å²) in [6.07, 6.45) is 5.67. The van der Waals surface area contributed by atoms with Crippen molar-refractivity contribution in [1.29, 1.82) is 0 Å². The minimum Gasteiger partial charge on any atom is -0.465 e. The molecule has 252 valence electrons. The molecule has 0 bridgehead atoms. The summed E-state index contributed by atoms with van der Waals surface area (Å²) in [5.74, 6) is 1.46. The summed E-state index contributed by atoms with van der Waals surface area (Å²) in [4.78, 5) is 44.8. The second-order valence-corrected chi connectivity index (χ2v) is 14.0. The summed E-state index contributed by atoms with van der Waals surface area (Å²) in [6, 6.07) is 26.2. The number of rotatable bonds is 7. The zero-order valence-corrected chi connectivity index (χ0v) is 28.1. The first-order valence-electron chi connectivity index (χ1n) is 16.9. The number of hydrogen-bond acceptors (Lipinski definition) is 5. The zero-order valence-electron chi connectivity index (χ0n) is 28.1. The Balaban J connectivity index is 1.03. The normalized spacial score (nSPS) is 19.4. The smallest absolute Gasteiger partial charge is 0.410 e. The Bertz CT molecular complexity index is 1930. The maximum absolute atomic E-state index is 12.9. The number of carbonyl (C=O) groups is 2. The van der Waals surface area contributed by atoms with Crippen LogP contribution in [-0.4, -0.2) is 60.1 Å². The van der Waals surface area contributed by atoms with E-state index < -0.39 is 11.6 Å². The van der Waals surface area contributed by atoms with E-state index >= 15 is 0 Å². The quantitative estimate of drug-likeness (QED) is 0.161. The maximum atomic E-state index is 12.9. The largest absolute Gasteiger partial charge is 0.465 e. The lowest BCUT2D eigenvalue weighted by Crippen LogP contribution is -2.53. The summed E-state index contributed by atoms with van der Waals surface area (Å²) in [5, 5.41) is 10.0. The molecule has 2 aromatic heterocycles. The number of likely N-dealkylation sites (tertiary alicyclic amines) is 2. The van der Waals surface area contributed by atoms with Gasteiger partial charge >= 0.3 is 12.2 Å². The van der Waals surface area contributed by atoms with E-state index in [9.17, 15) is 14.7 Å². The molecular weight excluding hydrogens is 616 g/mol. The van der Waals surface area contributed by atoms with Crippen LogP contribution in [0.4, 0.5) is 9.59 Å². The fourth-order valence-electron chi connectivity index (χ4n) is 7.55. The van der Waals surface area contributed by atoms with E-state index in [2.05, 4.69) is 84.3 Å². The van der Waals surface area contributed by atoms with Crippen molar-refractivity contribution in [3.63, 3.8) is 0 Å². The second kappa shape index (κ2) is 12.9. The lowest BCUT2D eigenvalue weighted by molar-refractivity contribution is 0.0217. The van der Waals surface area contributed by atoms with Gasteiger partial charge in [-0.2, -0.15) is 0 Å². The standard InChI is InChI=1S/C39H42N6O4/c1-38(2,3)39(20-8-22-45(39)36(46)47)35-41-24-32(43-35)30-18-14-28(15-19-30)27-12-16-29(17-13-27)31-23-40-34(42-31)33-11-7-21-44(33)37(48)49-25-26-9-5-4-6-10-26/h4-6,9-10,12-19,23-24,33H,7-8,11,20-22,25H2,1-3H3,(H,40,42)(H,41,43)(H,46,47)/t33-,39+/m0/s1. The van der Waals surface area contributed by atoms with Gasteiger partial charge in [0.1, 0.15) is 23.8 Å². The molecule has 3 N–H and O–H groups in total. The number of nitrogens with one attached hydrogen (secondary N) is 2. The van der Waals surface area contributed by atoms with Crippen LogP contribution in [0.1, 0.15) is 69.7 Å². The van der Waals surface area contributed by atoms with Crippen LogP contribution in [0.5, 0.6) is 0 Å². The Labute approximate surface area is 286 Å². The van der Waals surface area contributed by atoms with Crippen LogP contribution in [-0.2, 0) is 16.9 Å². The number of aromatic amines is 2. The number of carboxylic acid groups (broad SMARTS) is 1. The average Bonchev–Trinajstić information content (AvgIpc) is 3.93. The van der Waals surface area contributed by atoms with Crippen molar-refractivity contribution in [3.05, 3.63) is 108 Å². The van der Waals surface area contributed by atoms with Gasteiger partial charge in [-0.15, -0.1) is 0 Å². The number of aromatic nitrogens is 4. The molecule has 5 aromatic rings. The van der Waals surface area contributed by atoms with Gasteiger partial charge in [0, 0.05) is 13.1 Å². The van der Waals surface area contributed by atoms with Gasteiger partial charge in [0.15, 0.2) is 0 Å². The summed E-state index contributed by atoms with van der Waals surface area (Å²) < 4.78 is 5.61. The third kappa shape index (κ3) is 6.07. The van der Waals surface area contributed by atoms with Crippen molar-refractivity contribution in [2.24, 2.45) is 5.41 Å². The third-order valence-electron chi connectivity index (χ3n) is 10.1. The number of benzene rings is 3. The Morgan fingerprint density at radius 2 is 1.45 bits per heavy atom. The molecule has 2 amide bonds. The molecule has 49 heavy (non-hydrogen) atoms. The van der Waals surface area contributed by atoms with E-state index in [1.807, 2.05) is 42.7 Å². The van der Waals surface area contributed by atoms with Crippen molar-refractivity contribution >= 4 is 12.2 Å². The Morgan fingerprint density at radius 3 is 2.08 bits per heavy atom. The monoisotopic (exact) mass is 658 g/mol. The zero-order chi connectivity index (χ0) is 34.2. The number of H-pyrrole nitrogens is 2. The molecule has 0 saturated carbocycles. The fraction of sp³-hybridized carbons (Fsp3) is 0.333. The number of nitrogens with zero attached hydrogens (tertiary/aromatic N) is 4. The van der Waals surface area contributed by atoms with Crippen molar-refractivity contribution in [2.75, 3.05) is 13.1 Å². The number of carbonyl (C=O) groups excluding carboxylic acids is 1. The lowest BCUT2D eigenvalue weighted by Gasteiger charge is -2.45. The molecule has 2 aliphatic rings. The van der Waals surface area contributed by atoms with E-state index in [1.54, 1.807) is 9.80 Å². The summed E-state index contributed by atoms with van der Waals surface area (Å²) in [6.45, 7) is 7.64. The van der Waals surface area contributed by atoms with Crippen LogP contribution in [0.2, 0.25) is 0 Å². The molecule has 0 spiro atoms. The molecule has 10 heteroatoms. The Kier molecular flexibility index (Phi) is 8.48. The van der Waals surface area contributed by atoms with Gasteiger partial charge in [0.05, 0.1) is 29.8 Å². The molecule has 0 aliphatic carbocycles. The highest BCUT2D eigenvalue weighted by molar-refractivity contribution is 5.72. The predicted octanol–water partition coefficient (Wildman–Crippen LogP) is 8.62. The van der Waals surface area contributed by atoms with Crippen LogP contribution in [0.15, 0.2) is 91.3 Å². The molecule has 10 nitrogen and oxygen atoms in total. The van der Waals surface area contributed by atoms with Gasteiger partial charge in [-0.25, -0.2) is 19.6 Å². The number of hydrogen-bond donors (Lipinski definition) is 3. The predicted molar refractivity (Wildman–Crippen MR) is 187 cm³/mol. The summed E-state index contributed by atoms with van der Waals surface area (Å²) in [7, 11) is 0. The molecule has 4 heterocycles. The molecule has 7 rings (SSSR count). The van der Waals surface area contributed by atoms with Crippen LogP contribution < -0.4 is 0 Å². The molecule has 2 atom stereocenters. The van der Waals surface area contributed by atoms with Gasteiger partial charge in [-0.3, -0.25) is 9.80 Å². The van der Waals surface area contributed by atoms with Gasteiger partial charge in [-0.05, 0) is 58.9 Å². The van der Waals surface area contributed by atoms with E-state index in [1.165, 1.54) is 0 Å². The van der Waals surface area contributed by atoms with Crippen LogP contribution in [0.3, 0.4) is 0 Å². The highest BCUT2D eigenvalue weighted by atomic mass is 16.6. The maximum Gasteiger partial charge on any atom is 0.410 e. The topological polar surface area (TPSA) is 127 Å². The number of ether oxygens (including phenoxy) is 1.